The molecule has 0 aliphatic carbocycles. The van der Waals surface area contributed by atoms with Crippen molar-refractivity contribution in [1.29, 1.82) is 0 Å². The number of fused-ring (bicyclic) bond motifs is 1. The van der Waals surface area contributed by atoms with Crippen molar-refractivity contribution in [2.75, 3.05) is 6.54 Å². The Labute approximate surface area is 127 Å². The Hall–Kier alpha value is -2.44. The van der Waals surface area contributed by atoms with Crippen molar-refractivity contribution in [2.24, 2.45) is 0 Å². The van der Waals surface area contributed by atoms with Crippen molar-refractivity contribution in [3.05, 3.63) is 23.0 Å². The molecule has 1 N–H and O–H groups in total. The molecular formula is C15H19N3O4. The van der Waals surface area contributed by atoms with E-state index in [0.717, 1.165) is 0 Å². The number of pyridine rings is 1. The number of carboxylic acid groups (broad SMARTS) is 1. The molecule has 0 unspecified atom stereocenters. The lowest BCUT2D eigenvalue weighted by Crippen LogP contribution is -2.38. The van der Waals surface area contributed by atoms with Gasteiger partial charge in [0.15, 0.2) is 0 Å². The third kappa shape index (κ3) is 3.08. The zero-order valence-electron chi connectivity index (χ0n) is 13.1. The zero-order valence-corrected chi connectivity index (χ0v) is 13.1. The molecule has 0 aliphatic rings. The zero-order chi connectivity index (χ0) is 16.4. The molecule has 0 saturated carbocycles. The monoisotopic (exact) mass is 305 g/mol. The standard InChI is InChI=1S/C15H19N3O4/c1-8(2)18(6-5-12(19)20)15(21)11-7-9(3)16-14-13(11)10(4)17-22-14/h7-8H,5-6H2,1-4H3,(H,19,20). The molecule has 0 fully saturated rings. The third-order valence-corrected chi connectivity index (χ3v) is 3.43. The van der Waals surface area contributed by atoms with Crippen LogP contribution in [0.15, 0.2) is 10.6 Å². The molecule has 0 bridgehead atoms. The second-order valence-corrected chi connectivity index (χ2v) is 5.50. The highest BCUT2D eigenvalue weighted by atomic mass is 16.5. The summed E-state index contributed by atoms with van der Waals surface area (Å²) in [5.74, 6) is -1.17. The number of aromatic nitrogens is 2. The Morgan fingerprint density at radius 2 is 2.05 bits per heavy atom. The summed E-state index contributed by atoms with van der Waals surface area (Å²) in [5.41, 5.74) is 2.00. The van der Waals surface area contributed by atoms with Gasteiger partial charge in [-0.3, -0.25) is 9.59 Å². The van der Waals surface area contributed by atoms with Crippen LogP contribution in [0.3, 0.4) is 0 Å². The van der Waals surface area contributed by atoms with E-state index in [1.165, 1.54) is 4.90 Å². The van der Waals surface area contributed by atoms with Gasteiger partial charge in [0, 0.05) is 18.3 Å². The predicted molar refractivity (Wildman–Crippen MR) is 79.7 cm³/mol. The molecule has 0 aromatic carbocycles. The molecule has 0 spiro atoms. The Morgan fingerprint density at radius 1 is 1.36 bits per heavy atom. The number of rotatable bonds is 5. The molecule has 118 valence electrons. The number of aliphatic carboxylic acids is 1. The molecule has 0 atom stereocenters. The second kappa shape index (κ2) is 6.13. The number of carbonyl (C=O) groups is 2. The lowest BCUT2D eigenvalue weighted by Gasteiger charge is -2.26. The molecular weight excluding hydrogens is 286 g/mol. The Morgan fingerprint density at radius 3 is 2.64 bits per heavy atom. The maximum absolute atomic E-state index is 12.9. The predicted octanol–water partition coefficient (Wildman–Crippen LogP) is 2.16. The van der Waals surface area contributed by atoms with E-state index in [1.54, 1.807) is 19.9 Å². The Bertz CT molecular complexity index is 721. The van der Waals surface area contributed by atoms with Gasteiger partial charge >= 0.3 is 5.97 Å². The summed E-state index contributed by atoms with van der Waals surface area (Å²) in [7, 11) is 0. The third-order valence-electron chi connectivity index (χ3n) is 3.43. The SMILES string of the molecule is Cc1cc(C(=O)N(CCC(=O)O)C(C)C)c2c(C)noc2n1. The summed E-state index contributed by atoms with van der Waals surface area (Å²) in [5, 5.41) is 13.3. The highest BCUT2D eigenvalue weighted by Crippen LogP contribution is 2.24. The topological polar surface area (TPSA) is 96.5 Å². The van der Waals surface area contributed by atoms with E-state index in [4.69, 9.17) is 9.63 Å². The summed E-state index contributed by atoms with van der Waals surface area (Å²) >= 11 is 0. The minimum absolute atomic E-state index is 0.0975. The fourth-order valence-electron chi connectivity index (χ4n) is 2.35. The minimum Gasteiger partial charge on any atom is -0.481 e. The van der Waals surface area contributed by atoms with Gasteiger partial charge in [-0.15, -0.1) is 0 Å². The second-order valence-electron chi connectivity index (χ2n) is 5.50. The number of carbonyl (C=O) groups excluding carboxylic acids is 1. The lowest BCUT2D eigenvalue weighted by atomic mass is 10.1. The molecule has 2 rings (SSSR count). The molecule has 1 amide bonds. The first-order chi connectivity index (χ1) is 10.3. The smallest absolute Gasteiger partial charge is 0.305 e. The van der Waals surface area contributed by atoms with E-state index in [9.17, 15) is 9.59 Å². The normalized spacial score (nSPS) is 11.1. The van der Waals surface area contributed by atoms with Gasteiger partial charge in [0.1, 0.15) is 0 Å². The van der Waals surface area contributed by atoms with E-state index in [-0.39, 0.29) is 24.9 Å². The van der Waals surface area contributed by atoms with Crippen LogP contribution in [0.2, 0.25) is 0 Å². The van der Waals surface area contributed by atoms with Crippen LogP contribution in [0.5, 0.6) is 0 Å². The van der Waals surface area contributed by atoms with E-state index >= 15 is 0 Å². The van der Waals surface area contributed by atoms with Gasteiger partial charge in [0.2, 0.25) is 0 Å². The highest BCUT2D eigenvalue weighted by Gasteiger charge is 2.24. The maximum Gasteiger partial charge on any atom is 0.305 e. The molecule has 0 aliphatic heterocycles. The van der Waals surface area contributed by atoms with E-state index in [1.807, 2.05) is 13.8 Å². The van der Waals surface area contributed by atoms with Crippen LogP contribution in [0.25, 0.3) is 11.1 Å². The largest absolute Gasteiger partial charge is 0.481 e. The van der Waals surface area contributed by atoms with Crippen molar-refractivity contribution in [3.63, 3.8) is 0 Å². The van der Waals surface area contributed by atoms with E-state index in [0.29, 0.717) is 28.1 Å². The highest BCUT2D eigenvalue weighted by molar-refractivity contribution is 6.06. The number of carboxylic acids is 1. The van der Waals surface area contributed by atoms with Gasteiger partial charge in [-0.2, -0.15) is 0 Å². The first-order valence-corrected chi connectivity index (χ1v) is 7.07. The van der Waals surface area contributed by atoms with Crippen LogP contribution in [-0.4, -0.2) is 44.6 Å². The van der Waals surface area contributed by atoms with Gasteiger partial charge in [-0.25, -0.2) is 4.98 Å². The van der Waals surface area contributed by atoms with Gasteiger partial charge < -0.3 is 14.5 Å². The molecule has 7 nitrogen and oxygen atoms in total. The quantitative estimate of drug-likeness (QED) is 0.909. The summed E-state index contributed by atoms with van der Waals surface area (Å²) in [6, 6.07) is 1.57. The van der Waals surface area contributed by atoms with Crippen molar-refractivity contribution in [3.8, 4) is 0 Å². The number of nitrogens with zero attached hydrogens (tertiary/aromatic N) is 3. The molecule has 22 heavy (non-hydrogen) atoms. The van der Waals surface area contributed by atoms with Crippen molar-refractivity contribution in [1.82, 2.24) is 15.0 Å². The number of aryl methyl sites for hydroxylation is 2. The fraction of sp³-hybridized carbons (Fsp3) is 0.467. The molecule has 2 aromatic rings. The van der Waals surface area contributed by atoms with Gasteiger partial charge in [-0.05, 0) is 33.8 Å². The van der Waals surface area contributed by atoms with Crippen LogP contribution in [0.4, 0.5) is 0 Å². The maximum atomic E-state index is 12.9. The van der Waals surface area contributed by atoms with Gasteiger partial charge in [0.25, 0.3) is 11.6 Å². The van der Waals surface area contributed by atoms with Crippen LogP contribution < -0.4 is 0 Å². The average molecular weight is 305 g/mol. The fourth-order valence-corrected chi connectivity index (χ4v) is 2.35. The van der Waals surface area contributed by atoms with E-state index < -0.39 is 5.97 Å². The first-order valence-electron chi connectivity index (χ1n) is 7.07. The van der Waals surface area contributed by atoms with Crippen molar-refractivity contribution in [2.45, 2.75) is 40.2 Å². The summed E-state index contributed by atoms with van der Waals surface area (Å²) < 4.78 is 5.13. The summed E-state index contributed by atoms with van der Waals surface area (Å²) in [6.07, 6.45) is -0.0975. The van der Waals surface area contributed by atoms with Crippen LogP contribution >= 0.6 is 0 Å². The average Bonchev–Trinajstić information content (AvgIpc) is 2.78. The molecule has 0 saturated heterocycles. The number of hydrogen-bond acceptors (Lipinski definition) is 5. The Balaban J connectivity index is 2.46. The van der Waals surface area contributed by atoms with Crippen LogP contribution in [0.1, 0.15) is 42.0 Å². The van der Waals surface area contributed by atoms with Crippen molar-refractivity contribution >= 4 is 23.0 Å². The summed E-state index contributed by atoms with van der Waals surface area (Å²) in [6.45, 7) is 7.37. The number of hydrogen-bond donors (Lipinski definition) is 1. The Kier molecular flexibility index (Phi) is 4.44. The van der Waals surface area contributed by atoms with Crippen LogP contribution in [-0.2, 0) is 4.79 Å². The lowest BCUT2D eigenvalue weighted by molar-refractivity contribution is -0.137. The summed E-state index contributed by atoms with van der Waals surface area (Å²) in [4.78, 5) is 29.4. The minimum atomic E-state index is -0.935. The van der Waals surface area contributed by atoms with Crippen LogP contribution in [0, 0.1) is 13.8 Å². The van der Waals surface area contributed by atoms with Gasteiger partial charge in [0.05, 0.1) is 23.1 Å². The molecule has 2 heterocycles. The molecule has 0 radical (unpaired) electrons. The van der Waals surface area contributed by atoms with Gasteiger partial charge in [-0.1, -0.05) is 5.16 Å². The molecule has 2 aromatic heterocycles. The molecule has 7 heteroatoms. The number of amides is 1. The first kappa shape index (κ1) is 15.9. The van der Waals surface area contributed by atoms with Crippen molar-refractivity contribution < 1.29 is 19.2 Å². The van der Waals surface area contributed by atoms with E-state index in [2.05, 4.69) is 10.1 Å².